The van der Waals surface area contributed by atoms with Crippen molar-refractivity contribution in [1.82, 2.24) is 9.80 Å². The Morgan fingerprint density at radius 3 is 2.41 bits per heavy atom. The summed E-state index contributed by atoms with van der Waals surface area (Å²) < 4.78 is 5.33. The molecular formula is C19H24N2O5S. The summed E-state index contributed by atoms with van der Waals surface area (Å²) in [5, 5.41) is 8.79. The van der Waals surface area contributed by atoms with Crippen LogP contribution in [-0.2, 0) is 9.59 Å². The summed E-state index contributed by atoms with van der Waals surface area (Å²) in [4.78, 5) is 40.1. The lowest BCUT2D eigenvalue weighted by molar-refractivity contribution is -0.139. The fraction of sp³-hybridized carbons (Fsp3) is 0.526. The predicted molar refractivity (Wildman–Crippen MR) is 102 cm³/mol. The summed E-state index contributed by atoms with van der Waals surface area (Å²) in [6, 6.07) is 2.99. The molecule has 7 nitrogen and oxygen atoms in total. The average molecular weight is 392 g/mol. The SMILES string of the molecule is Cc1cc(C(=O)N2CSCC2C(=O)N2CCCC2)cc(C)c1OCC(=O)O. The van der Waals surface area contributed by atoms with Crippen LogP contribution >= 0.6 is 11.8 Å². The van der Waals surface area contributed by atoms with Gasteiger partial charge in [-0.05, 0) is 49.9 Å². The Balaban J connectivity index is 1.78. The van der Waals surface area contributed by atoms with Crippen LogP contribution in [0.4, 0.5) is 0 Å². The molecule has 2 heterocycles. The number of carbonyl (C=O) groups is 3. The number of aryl methyl sites for hydroxylation is 2. The molecule has 146 valence electrons. The number of carboxylic acid groups (broad SMARTS) is 1. The zero-order valence-corrected chi connectivity index (χ0v) is 16.4. The molecule has 2 amide bonds. The van der Waals surface area contributed by atoms with Gasteiger partial charge in [0.1, 0.15) is 11.8 Å². The van der Waals surface area contributed by atoms with Crippen LogP contribution in [-0.4, -0.2) is 70.1 Å². The summed E-state index contributed by atoms with van der Waals surface area (Å²) in [6.45, 7) is 4.69. The van der Waals surface area contributed by atoms with Crippen LogP contribution in [0.5, 0.6) is 5.75 Å². The van der Waals surface area contributed by atoms with E-state index in [9.17, 15) is 14.4 Å². The van der Waals surface area contributed by atoms with Gasteiger partial charge >= 0.3 is 5.97 Å². The molecule has 1 unspecified atom stereocenters. The molecule has 0 bridgehead atoms. The van der Waals surface area contributed by atoms with E-state index in [1.165, 1.54) is 0 Å². The van der Waals surface area contributed by atoms with Gasteiger partial charge in [0.25, 0.3) is 5.91 Å². The highest BCUT2D eigenvalue weighted by Crippen LogP contribution is 2.29. The van der Waals surface area contributed by atoms with Crippen molar-refractivity contribution in [2.24, 2.45) is 0 Å². The van der Waals surface area contributed by atoms with E-state index in [4.69, 9.17) is 9.84 Å². The van der Waals surface area contributed by atoms with Crippen LogP contribution in [0.3, 0.4) is 0 Å². The molecule has 2 aliphatic heterocycles. The smallest absolute Gasteiger partial charge is 0.341 e. The van der Waals surface area contributed by atoms with Gasteiger partial charge in [0.2, 0.25) is 5.91 Å². The molecule has 3 rings (SSSR count). The van der Waals surface area contributed by atoms with Gasteiger partial charge in [0.15, 0.2) is 6.61 Å². The third-order valence-electron chi connectivity index (χ3n) is 4.89. The van der Waals surface area contributed by atoms with Crippen molar-refractivity contribution in [3.8, 4) is 5.75 Å². The molecule has 2 fully saturated rings. The van der Waals surface area contributed by atoms with Gasteiger partial charge in [-0.15, -0.1) is 11.8 Å². The fourth-order valence-corrected chi connectivity index (χ4v) is 4.74. The third kappa shape index (κ3) is 4.21. The van der Waals surface area contributed by atoms with Crippen LogP contribution in [0.2, 0.25) is 0 Å². The number of aliphatic carboxylic acids is 1. The topological polar surface area (TPSA) is 87.2 Å². The van der Waals surface area contributed by atoms with Crippen LogP contribution < -0.4 is 4.74 Å². The highest BCUT2D eigenvalue weighted by molar-refractivity contribution is 7.99. The number of hydrogen-bond donors (Lipinski definition) is 1. The van der Waals surface area contributed by atoms with E-state index in [0.29, 0.717) is 34.1 Å². The monoisotopic (exact) mass is 392 g/mol. The largest absolute Gasteiger partial charge is 0.481 e. The van der Waals surface area contributed by atoms with E-state index in [1.807, 2.05) is 4.90 Å². The van der Waals surface area contributed by atoms with Crippen molar-refractivity contribution in [3.63, 3.8) is 0 Å². The van der Waals surface area contributed by atoms with Gasteiger partial charge < -0.3 is 19.6 Å². The zero-order valence-electron chi connectivity index (χ0n) is 15.6. The minimum Gasteiger partial charge on any atom is -0.481 e. The maximum atomic E-state index is 13.1. The van der Waals surface area contributed by atoms with E-state index in [2.05, 4.69) is 0 Å². The van der Waals surface area contributed by atoms with Crippen LogP contribution in [0.15, 0.2) is 12.1 Å². The maximum absolute atomic E-state index is 13.1. The van der Waals surface area contributed by atoms with Crippen LogP contribution in [0.1, 0.15) is 34.3 Å². The average Bonchev–Trinajstić information content (AvgIpc) is 3.31. The number of benzene rings is 1. The number of ether oxygens (including phenoxy) is 1. The van der Waals surface area contributed by atoms with Gasteiger partial charge in [-0.25, -0.2) is 4.79 Å². The molecule has 1 aromatic carbocycles. The number of carboxylic acids is 1. The Kier molecular flexibility index (Phi) is 5.94. The third-order valence-corrected chi connectivity index (χ3v) is 5.91. The van der Waals surface area contributed by atoms with Crippen LogP contribution in [0, 0.1) is 13.8 Å². The minimum atomic E-state index is -1.05. The highest BCUT2D eigenvalue weighted by atomic mass is 32.2. The Morgan fingerprint density at radius 1 is 1.19 bits per heavy atom. The Hall–Kier alpha value is -2.22. The van der Waals surface area contributed by atoms with E-state index >= 15 is 0 Å². The first-order valence-corrected chi connectivity index (χ1v) is 10.2. The summed E-state index contributed by atoms with van der Waals surface area (Å²) in [6.07, 6.45) is 2.05. The van der Waals surface area contributed by atoms with Gasteiger partial charge in [-0.3, -0.25) is 9.59 Å². The van der Waals surface area contributed by atoms with Gasteiger partial charge in [0.05, 0.1) is 5.88 Å². The zero-order chi connectivity index (χ0) is 19.6. The predicted octanol–water partition coefficient (Wildman–Crippen LogP) is 1.90. The van der Waals surface area contributed by atoms with Crippen LogP contribution in [0.25, 0.3) is 0 Å². The van der Waals surface area contributed by atoms with Crippen molar-refractivity contribution in [1.29, 1.82) is 0 Å². The van der Waals surface area contributed by atoms with Crippen molar-refractivity contribution in [2.75, 3.05) is 31.3 Å². The number of thioether (sulfide) groups is 1. The van der Waals surface area contributed by atoms with Gasteiger partial charge in [-0.2, -0.15) is 0 Å². The molecule has 0 radical (unpaired) electrons. The van der Waals surface area contributed by atoms with Gasteiger partial charge in [-0.1, -0.05) is 0 Å². The Bertz CT molecular complexity index is 737. The second-order valence-corrected chi connectivity index (χ2v) is 7.94. The molecule has 1 aromatic rings. The van der Waals surface area contributed by atoms with Gasteiger partial charge in [0, 0.05) is 24.4 Å². The Morgan fingerprint density at radius 2 is 1.81 bits per heavy atom. The maximum Gasteiger partial charge on any atom is 0.341 e. The molecule has 1 atom stereocenters. The summed E-state index contributed by atoms with van der Waals surface area (Å²) in [7, 11) is 0. The van der Waals surface area contributed by atoms with E-state index < -0.39 is 18.6 Å². The van der Waals surface area contributed by atoms with E-state index in [-0.39, 0.29) is 11.8 Å². The number of carbonyl (C=O) groups excluding carboxylic acids is 2. The van der Waals surface area contributed by atoms with E-state index in [0.717, 1.165) is 25.9 Å². The highest BCUT2D eigenvalue weighted by Gasteiger charge is 2.38. The molecule has 0 saturated carbocycles. The van der Waals surface area contributed by atoms with E-state index in [1.54, 1.807) is 42.6 Å². The molecule has 0 aromatic heterocycles. The molecule has 1 N–H and O–H groups in total. The Labute approximate surface area is 162 Å². The lowest BCUT2D eigenvalue weighted by atomic mass is 10.0. The molecule has 0 aliphatic carbocycles. The number of hydrogen-bond acceptors (Lipinski definition) is 5. The second kappa shape index (κ2) is 8.21. The summed E-state index contributed by atoms with van der Waals surface area (Å²) >= 11 is 1.59. The number of nitrogens with zero attached hydrogens (tertiary/aromatic N) is 2. The van der Waals surface area contributed by atoms with Crippen molar-refractivity contribution < 1.29 is 24.2 Å². The summed E-state index contributed by atoms with van der Waals surface area (Å²) in [5.41, 5.74) is 1.90. The lowest BCUT2D eigenvalue weighted by Gasteiger charge is -2.27. The first-order chi connectivity index (χ1) is 12.9. The number of amides is 2. The number of likely N-dealkylation sites (tertiary alicyclic amines) is 1. The summed E-state index contributed by atoms with van der Waals surface area (Å²) in [5.74, 6) is 0.423. The molecule has 2 aliphatic rings. The first-order valence-electron chi connectivity index (χ1n) is 9.02. The minimum absolute atomic E-state index is 0.0423. The van der Waals surface area contributed by atoms with Crippen molar-refractivity contribution >= 4 is 29.5 Å². The lowest BCUT2D eigenvalue weighted by Crippen LogP contribution is -2.48. The normalized spacial score (nSPS) is 19.4. The second-order valence-electron chi connectivity index (χ2n) is 6.94. The quantitative estimate of drug-likeness (QED) is 0.824. The first kappa shape index (κ1) is 19.5. The van der Waals surface area contributed by atoms with Crippen molar-refractivity contribution in [3.05, 3.63) is 28.8 Å². The van der Waals surface area contributed by atoms with Crippen molar-refractivity contribution in [2.45, 2.75) is 32.7 Å². The number of rotatable bonds is 5. The fourth-order valence-electron chi connectivity index (χ4n) is 3.60. The molecule has 8 heteroatoms. The molecule has 2 saturated heterocycles. The molecule has 0 spiro atoms. The molecular weight excluding hydrogens is 368 g/mol. The standard InChI is InChI=1S/C19H24N2O5S/c1-12-7-14(8-13(2)17(12)26-9-16(22)23)18(24)21-11-27-10-15(21)19(25)20-5-3-4-6-20/h7-8,15H,3-6,9-11H2,1-2H3,(H,22,23). The molecule has 27 heavy (non-hydrogen) atoms.